The Kier molecular flexibility index (Phi) is 2.22. The fourth-order valence-electron chi connectivity index (χ4n) is 1.81. The van der Waals surface area contributed by atoms with Crippen LogP contribution in [0.4, 0.5) is 0 Å². The van der Waals surface area contributed by atoms with Crippen molar-refractivity contribution in [3.05, 3.63) is 23.8 Å². The van der Waals surface area contributed by atoms with Crippen molar-refractivity contribution >= 4 is 6.29 Å². The molecule has 0 amide bonds. The van der Waals surface area contributed by atoms with Crippen LogP contribution in [0.3, 0.4) is 0 Å². The highest BCUT2D eigenvalue weighted by atomic mass is 16.1. The van der Waals surface area contributed by atoms with Gasteiger partial charge >= 0.3 is 0 Å². The minimum atomic E-state index is 0.0877. The van der Waals surface area contributed by atoms with Crippen LogP contribution >= 0.6 is 0 Å². The van der Waals surface area contributed by atoms with E-state index in [4.69, 9.17) is 0 Å². The fraction of sp³-hybridized carbons (Fsp3) is 0.545. The molecule has 0 saturated carbocycles. The van der Waals surface area contributed by atoms with E-state index in [0.29, 0.717) is 0 Å². The van der Waals surface area contributed by atoms with Gasteiger partial charge in [-0.15, -0.1) is 0 Å². The molecule has 0 N–H and O–H groups in total. The van der Waals surface area contributed by atoms with E-state index in [2.05, 4.69) is 20.4 Å². The van der Waals surface area contributed by atoms with E-state index in [-0.39, 0.29) is 11.3 Å². The molecule has 1 atom stereocenters. The summed E-state index contributed by atoms with van der Waals surface area (Å²) in [4.78, 5) is 10.6. The second kappa shape index (κ2) is 2.89. The number of allylic oxidation sites excluding steroid dienone is 3. The molecule has 12 heavy (non-hydrogen) atoms. The highest BCUT2D eigenvalue weighted by molar-refractivity contribution is 5.59. The molecule has 1 unspecified atom stereocenters. The van der Waals surface area contributed by atoms with Crippen molar-refractivity contribution in [2.45, 2.75) is 27.2 Å². The lowest BCUT2D eigenvalue weighted by Gasteiger charge is -2.34. The first-order valence-corrected chi connectivity index (χ1v) is 4.31. The van der Waals surface area contributed by atoms with E-state index in [1.54, 1.807) is 0 Å². The summed E-state index contributed by atoms with van der Waals surface area (Å²) in [6.45, 7) is 10.3. The van der Waals surface area contributed by atoms with E-state index in [1.165, 1.54) is 11.1 Å². The molecular weight excluding hydrogens is 148 g/mol. The summed E-state index contributed by atoms with van der Waals surface area (Å²) >= 11 is 0. The van der Waals surface area contributed by atoms with Crippen LogP contribution in [0.5, 0.6) is 0 Å². The van der Waals surface area contributed by atoms with Gasteiger partial charge in [-0.1, -0.05) is 32.1 Å². The Morgan fingerprint density at radius 1 is 1.67 bits per heavy atom. The summed E-state index contributed by atoms with van der Waals surface area (Å²) in [7, 11) is 0. The Bertz CT molecular complexity index is 246. The van der Waals surface area contributed by atoms with Crippen LogP contribution in [0.1, 0.15) is 27.2 Å². The van der Waals surface area contributed by atoms with Crippen LogP contribution in [-0.2, 0) is 4.79 Å². The molecule has 0 fully saturated rings. The first-order chi connectivity index (χ1) is 5.47. The highest BCUT2D eigenvalue weighted by Gasteiger charge is 2.29. The van der Waals surface area contributed by atoms with Crippen LogP contribution in [0.25, 0.3) is 0 Å². The normalized spacial score (nSPS) is 28.1. The molecular formula is C11H16O. The first kappa shape index (κ1) is 9.24. The Labute approximate surface area is 74.2 Å². The predicted molar refractivity (Wildman–Crippen MR) is 50.8 cm³/mol. The first-order valence-electron chi connectivity index (χ1n) is 4.31. The maximum atomic E-state index is 10.6. The van der Waals surface area contributed by atoms with Gasteiger partial charge in [0.15, 0.2) is 0 Å². The SMILES string of the molecule is C=C1C(C)=CC(C=O)CC1(C)C. The van der Waals surface area contributed by atoms with Crippen molar-refractivity contribution in [1.29, 1.82) is 0 Å². The number of rotatable bonds is 1. The smallest absolute Gasteiger partial charge is 0.126 e. The van der Waals surface area contributed by atoms with Gasteiger partial charge < -0.3 is 4.79 Å². The summed E-state index contributed by atoms with van der Waals surface area (Å²) < 4.78 is 0. The lowest BCUT2D eigenvalue weighted by Crippen LogP contribution is -2.24. The third-order valence-electron chi connectivity index (χ3n) is 2.68. The molecule has 0 radical (unpaired) electrons. The number of carbonyl (C=O) groups excluding carboxylic acids is 1. The minimum Gasteiger partial charge on any atom is -0.303 e. The molecule has 1 aliphatic rings. The zero-order chi connectivity index (χ0) is 9.35. The van der Waals surface area contributed by atoms with E-state index in [1.807, 2.05) is 13.0 Å². The van der Waals surface area contributed by atoms with E-state index in [0.717, 1.165) is 12.7 Å². The molecule has 1 heteroatoms. The van der Waals surface area contributed by atoms with Crippen molar-refractivity contribution in [3.63, 3.8) is 0 Å². The zero-order valence-electron chi connectivity index (χ0n) is 8.05. The lowest BCUT2D eigenvalue weighted by atomic mass is 9.70. The summed E-state index contributed by atoms with van der Waals surface area (Å²) in [5.41, 5.74) is 2.42. The van der Waals surface area contributed by atoms with Gasteiger partial charge in [-0.25, -0.2) is 0 Å². The van der Waals surface area contributed by atoms with Crippen molar-refractivity contribution in [1.82, 2.24) is 0 Å². The molecule has 0 bridgehead atoms. The Hall–Kier alpha value is -0.850. The van der Waals surface area contributed by atoms with Crippen LogP contribution in [0.2, 0.25) is 0 Å². The van der Waals surface area contributed by atoms with E-state index in [9.17, 15) is 4.79 Å². The van der Waals surface area contributed by atoms with Gasteiger partial charge in [0, 0.05) is 5.92 Å². The minimum absolute atomic E-state index is 0.0877. The molecule has 66 valence electrons. The molecule has 0 aromatic heterocycles. The van der Waals surface area contributed by atoms with Gasteiger partial charge in [0.25, 0.3) is 0 Å². The number of hydrogen-bond donors (Lipinski definition) is 0. The molecule has 0 saturated heterocycles. The molecule has 0 aromatic carbocycles. The van der Waals surface area contributed by atoms with Gasteiger partial charge in [-0.3, -0.25) is 0 Å². The summed E-state index contributed by atoms with van der Waals surface area (Å²) in [6, 6.07) is 0. The average molecular weight is 164 g/mol. The van der Waals surface area contributed by atoms with Gasteiger partial charge in [0.05, 0.1) is 0 Å². The zero-order valence-corrected chi connectivity index (χ0v) is 8.05. The lowest BCUT2D eigenvalue weighted by molar-refractivity contribution is -0.110. The monoisotopic (exact) mass is 164 g/mol. The Balaban J connectivity index is 2.99. The van der Waals surface area contributed by atoms with Gasteiger partial charge in [-0.2, -0.15) is 0 Å². The topological polar surface area (TPSA) is 17.1 Å². The van der Waals surface area contributed by atoms with Gasteiger partial charge in [-0.05, 0) is 24.3 Å². The second-order valence-electron chi connectivity index (χ2n) is 4.22. The van der Waals surface area contributed by atoms with Crippen LogP contribution in [0.15, 0.2) is 23.8 Å². The maximum absolute atomic E-state index is 10.6. The van der Waals surface area contributed by atoms with Crippen LogP contribution in [0, 0.1) is 11.3 Å². The third-order valence-corrected chi connectivity index (χ3v) is 2.68. The van der Waals surface area contributed by atoms with Gasteiger partial charge in [0.1, 0.15) is 6.29 Å². The third kappa shape index (κ3) is 1.50. The van der Waals surface area contributed by atoms with Crippen molar-refractivity contribution in [2.24, 2.45) is 11.3 Å². The number of hydrogen-bond acceptors (Lipinski definition) is 1. The van der Waals surface area contributed by atoms with Crippen molar-refractivity contribution in [2.75, 3.05) is 0 Å². The molecule has 0 spiro atoms. The molecule has 1 rings (SSSR count). The van der Waals surface area contributed by atoms with Gasteiger partial charge in [0.2, 0.25) is 0 Å². The fourth-order valence-corrected chi connectivity index (χ4v) is 1.81. The summed E-state index contributed by atoms with van der Waals surface area (Å²) in [5, 5.41) is 0. The molecule has 1 aliphatic carbocycles. The number of carbonyl (C=O) groups is 1. The van der Waals surface area contributed by atoms with Crippen molar-refractivity contribution in [3.8, 4) is 0 Å². The molecule has 1 nitrogen and oxygen atoms in total. The largest absolute Gasteiger partial charge is 0.303 e. The standard InChI is InChI=1S/C11H16O/c1-8-5-10(7-12)6-11(3,4)9(8)2/h5,7,10H,2,6H2,1,3-4H3. The maximum Gasteiger partial charge on any atom is 0.126 e. The Morgan fingerprint density at radius 2 is 2.25 bits per heavy atom. The highest BCUT2D eigenvalue weighted by Crippen LogP contribution is 2.40. The van der Waals surface area contributed by atoms with E-state index < -0.39 is 0 Å². The van der Waals surface area contributed by atoms with E-state index >= 15 is 0 Å². The number of aldehydes is 1. The summed E-state index contributed by atoms with van der Waals surface area (Å²) in [5.74, 6) is 0.0884. The molecule has 0 aromatic rings. The van der Waals surface area contributed by atoms with Crippen LogP contribution < -0.4 is 0 Å². The molecule has 0 aliphatic heterocycles. The second-order valence-corrected chi connectivity index (χ2v) is 4.22. The predicted octanol–water partition coefficient (Wildman–Crippen LogP) is 2.73. The average Bonchev–Trinajstić information content (AvgIpc) is 1.99. The summed E-state index contributed by atoms with van der Waals surface area (Å²) in [6.07, 6.45) is 3.94. The Morgan fingerprint density at radius 3 is 2.67 bits per heavy atom. The van der Waals surface area contributed by atoms with Crippen LogP contribution in [-0.4, -0.2) is 6.29 Å². The quantitative estimate of drug-likeness (QED) is 0.544. The van der Waals surface area contributed by atoms with Crippen molar-refractivity contribution < 1.29 is 4.79 Å². The molecule has 0 heterocycles.